The summed E-state index contributed by atoms with van der Waals surface area (Å²) in [5.41, 5.74) is 3.62. The molecule has 40 heavy (non-hydrogen) atoms. The molecule has 6 rings (SSSR count). The Morgan fingerprint density at radius 3 is 2.62 bits per heavy atom. The molecule has 11 nitrogen and oxygen atoms in total. The summed E-state index contributed by atoms with van der Waals surface area (Å²) in [6.45, 7) is 4.79. The Hall–Kier alpha value is -3.22. The lowest BCUT2D eigenvalue weighted by Crippen LogP contribution is -2.37. The predicted molar refractivity (Wildman–Crippen MR) is 156 cm³/mol. The molecule has 0 atom stereocenters. The molecule has 2 fully saturated rings. The number of morpholine rings is 1. The molecule has 0 aromatic carbocycles. The summed E-state index contributed by atoms with van der Waals surface area (Å²) < 4.78 is 38.2. The first-order chi connectivity index (χ1) is 19.3. The Morgan fingerprint density at radius 2 is 1.85 bits per heavy atom. The molecular formula is C28H37N7O4S. The molecular weight excluding hydrogens is 530 g/mol. The number of likely N-dealkylation sites (N-methyl/N-ethyl adjacent to an activating group) is 1. The van der Waals surface area contributed by atoms with Crippen LogP contribution in [0.2, 0.25) is 0 Å². The molecule has 0 unspecified atom stereocenters. The van der Waals surface area contributed by atoms with E-state index in [0.29, 0.717) is 41.7 Å². The molecule has 0 radical (unpaired) electrons. The summed E-state index contributed by atoms with van der Waals surface area (Å²) in [4.78, 5) is 18.8. The summed E-state index contributed by atoms with van der Waals surface area (Å²) in [6, 6.07) is 8.33. The molecule has 2 N–H and O–H groups in total. The van der Waals surface area contributed by atoms with E-state index < -0.39 is 10.0 Å². The second-order valence-electron chi connectivity index (χ2n) is 11.1. The number of fused-ring (bicyclic) bond motifs is 2. The lowest BCUT2D eigenvalue weighted by Gasteiger charge is -2.31. The fourth-order valence-electron chi connectivity index (χ4n) is 5.72. The van der Waals surface area contributed by atoms with Crippen LogP contribution in [0.1, 0.15) is 36.9 Å². The van der Waals surface area contributed by atoms with Crippen molar-refractivity contribution in [1.82, 2.24) is 19.9 Å². The fourth-order valence-corrected chi connectivity index (χ4v) is 6.26. The van der Waals surface area contributed by atoms with Crippen LogP contribution in [0.5, 0.6) is 5.88 Å². The van der Waals surface area contributed by atoms with E-state index in [-0.39, 0.29) is 6.10 Å². The highest BCUT2D eigenvalue weighted by Gasteiger charge is 2.25. The number of hydrogen-bond donors (Lipinski definition) is 2. The molecule has 1 aliphatic carbocycles. The van der Waals surface area contributed by atoms with Crippen LogP contribution in [0.15, 0.2) is 30.5 Å². The predicted octanol–water partition coefficient (Wildman–Crippen LogP) is 3.02. The van der Waals surface area contributed by atoms with Crippen molar-refractivity contribution in [3.8, 4) is 5.88 Å². The van der Waals surface area contributed by atoms with Crippen LogP contribution >= 0.6 is 0 Å². The van der Waals surface area contributed by atoms with Crippen molar-refractivity contribution < 1.29 is 17.9 Å². The van der Waals surface area contributed by atoms with Gasteiger partial charge in [0.05, 0.1) is 42.3 Å². The third-order valence-corrected chi connectivity index (χ3v) is 8.42. The Kier molecular flexibility index (Phi) is 7.65. The number of nitrogens with one attached hydrogen (secondary N) is 2. The van der Waals surface area contributed by atoms with E-state index in [1.165, 1.54) is 17.5 Å². The number of nitrogens with zero attached hydrogens (tertiary/aromatic N) is 5. The summed E-state index contributed by atoms with van der Waals surface area (Å²) in [5.74, 6) is 2.24. The van der Waals surface area contributed by atoms with E-state index in [4.69, 9.17) is 19.4 Å². The maximum absolute atomic E-state index is 11.8. The van der Waals surface area contributed by atoms with Gasteiger partial charge in [-0.15, -0.1) is 0 Å². The maximum atomic E-state index is 11.8. The number of aromatic nitrogens is 3. The van der Waals surface area contributed by atoms with Crippen molar-refractivity contribution in [1.29, 1.82) is 0 Å². The summed E-state index contributed by atoms with van der Waals surface area (Å²) >= 11 is 0. The van der Waals surface area contributed by atoms with Crippen LogP contribution in [-0.2, 0) is 27.7 Å². The Balaban J connectivity index is 1.17. The van der Waals surface area contributed by atoms with Gasteiger partial charge in [-0.2, -0.15) is 4.98 Å². The third-order valence-electron chi connectivity index (χ3n) is 7.81. The first kappa shape index (κ1) is 27.0. The largest absolute Gasteiger partial charge is 0.474 e. The highest BCUT2D eigenvalue weighted by molar-refractivity contribution is 7.92. The zero-order valence-electron chi connectivity index (χ0n) is 23.1. The zero-order chi connectivity index (χ0) is 27.7. The molecule has 3 aromatic heterocycles. The first-order valence-corrected chi connectivity index (χ1v) is 15.9. The van der Waals surface area contributed by atoms with Crippen LogP contribution in [-0.4, -0.2) is 86.6 Å². The second-order valence-corrected chi connectivity index (χ2v) is 12.8. The van der Waals surface area contributed by atoms with E-state index in [1.807, 2.05) is 6.07 Å². The maximum Gasteiger partial charge on any atom is 0.229 e. The van der Waals surface area contributed by atoms with Gasteiger partial charge >= 0.3 is 0 Å². The fraction of sp³-hybridized carbons (Fsp3) is 0.536. The van der Waals surface area contributed by atoms with Gasteiger partial charge in [0.15, 0.2) is 0 Å². The minimum absolute atomic E-state index is 0.00671. The molecule has 2 aliphatic heterocycles. The van der Waals surface area contributed by atoms with Gasteiger partial charge in [0.25, 0.3) is 0 Å². The highest BCUT2D eigenvalue weighted by atomic mass is 32.2. The second kappa shape index (κ2) is 11.3. The van der Waals surface area contributed by atoms with Crippen LogP contribution in [0.4, 0.5) is 17.3 Å². The van der Waals surface area contributed by atoms with Crippen molar-refractivity contribution in [3.63, 3.8) is 0 Å². The quantitative estimate of drug-likeness (QED) is 0.441. The number of rotatable bonds is 7. The molecule has 12 heteroatoms. The molecule has 0 amide bonds. The van der Waals surface area contributed by atoms with E-state index >= 15 is 0 Å². The molecule has 1 saturated heterocycles. The summed E-state index contributed by atoms with van der Waals surface area (Å²) in [6.07, 6.45) is 7.34. The van der Waals surface area contributed by atoms with Crippen LogP contribution in [0.25, 0.3) is 10.9 Å². The Morgan fingerprint density at radius 1 is 1.05 bits per heavy atom. The van der Waals surface area contributed by atoms with Gasteiger partial charge in [-0.05, 0) is 50.4 Å². The Labute approximate surface area is 235 Å². The molecule has 5 heterocycles. The van der Waals surface area contributed by atoms with Gasteiger partial charge in [0, 0.05) is 50.4 Å². The van der Waals surface area contributed by atoms with Crippen molar-refractivity contribution in [2.24, 2.45) is 0 Å². The lowest BCUT2D eigenvalue weighted by molar-refractivity contribution is 0.122. The highest BCUT2D eigenvalue weighted by Crippen LogP contribution is 2.33. The van der Waals surface area contributed by atoms with Gasteiger partial charge in [-0.25, -0.2) is 13.4 Å². The molecule has 214 valence electrons. The zero-order valence-corrected chi connectivity index (χ0v) is 23.9. The van der Waals surface area contributed by atoms with E-state index in [9.17, 15) is 8.42 Å². The van der Waals surface area contributed by atoms with Gasteiger partial charge in [-0.1, -0.05) is 6.07 Å². The molecule has 0 spiro atoms. The lowest BCUT2D eigenvalue weighted by atomic mass is 9.93. The van der Waals surface area contributed by atoms with Crippen molar-refractivity contribution in [2.45, 2.75) is 50.8 Å². The molecule has 3 aromatic rings. The number of sulfonamides is 1. The first-order valence-electron chi connectivity index (χ1n) is 14.0. The average molecular weight is 568 g/mol. The average Bonchev–Trinajstić information content (AvgIpc) is 2.94. The minimum atomic E-state index is -3.44. The number of anilines is 3. The number of hydrogen-bond acceptors (Lipinski definition) is 10. The van der Waals surface area contributed by atoms with Gasteiger partial charge in [0.1, 0.15) is 17.7 Å². The van der Waals surface area contributed by atoms with Crippen LogP contribution in [0.3, 0.4) is 0 Å². The molecule has 3 aliphatic rings. The van der Waals surface area contributed by atoms with Crippen molar-refractivity contribution >= 4 is 38.2 Å². The van der Waals surface area contributed by atoms with Crippen molar-refractivity contribution in [2.75, 3.05) is 61.1 Å². The number of ether oxygens (including phenoxy) is 2. The molecule has 0 bridgehead atoms. The summed E-state index contributed by atoms with van der Waals surface area (Å²) in [5, 5.41) is 4.34. The SMILES string of the molecule is CN1CCc2nc(NC3CCC(Oc4nc(N5CCOCC5)cc5ncc(NS(C)(=O)=O)cc45)CC3)ccc2C1. The Bertz CT molecular complexity index is 1470. The van der Waals surface area contributed by atoms with E-state index in [0.717, 1.165) is 76.2 Å². The monoisotopic (exact) mass is 567 g/mol. The van der Waals surface area contributed by atoms with Gasteiger partial charge in [0.2, 0.25) is 15.9 Å². The topological polar surface area (TPSA) is 122 Å². The summed E-state index contributed by atoms with van der Waals surface area (Å²) in [7, 11) is -1.29. The van der Waals surface area contributed by atoms with Crippen LogP contribution in [0, 0.1) is 0 Å². The van der Waals surface area contributed by atoms with E-state index in [1.54, 1.807) is 6.07 Å². The smallest absolute Gasteiger partial charge is 0.229 e. The van der Waals surface area contributed by atoms with Gasteiger partial charge < -0.3 is 24.6 Å². The van der Waals surface area contributed by atoms with Crippen LogP contribution < -0.4 is 19.7 Å². The number of pyridine rings is 3. The standard InChI is InChI=1S/C28H37N7O4S/c1-34-10-9-24-19(18-34)3-8-26(31-24)30-20-4-6-22(7-5-20)39-28-23-15-21(33-40(2,36)37)17-29-25(23)16-27(32-28)35-11-13-38-14-12-35/h3,8,15-17,20,22,33H,4-7,9-14,18H2,1-2H3,(H,30,31). The molecule has 1 saturated carbocycles. The van der Waals surface area contributed by atoms with Gasteiger partial charge in [-0.3, -0.25) is 9.71 Å². The normalized spacial score (nSPS) is 22.1. The third kappa shape index (κ3) is 6.39. The van der Waals surface area contributed by atoms with E-state index in [2.05, 4.69) is 44.0 Å². The minimum Gasteiger partial charge on any atom is -0.474 e. The van der Waals surface area contributed by atoms with Crippen molar-refractivity contribution in [3.05, 3.63) is 41.7 Å².